The fraction of sp³-hybridized carbons (Fsp3) is 0.333. The number of benzene rings is 1. The molecule has 0 aliphatic carbocycles. The van der Waals surface area contributed by atoms with Gasteiger partial charge in [0.1, 0.15) is 11.9 Å². The Bertz CT molecular complexity index is 660. The molecule has 1 saturated heterocycles. The fourth-order valence-electron chi connectivity index (χ4n) is 2.69. The third-order valence-electron chi connectivity index (χ3n) is 3.77. The van der Waals surface area contributed by atoms with Crippen LogP contribution in [0.4, 0.5) is 0 Å². The molecule has 0 bridgehead atoms. The summed E-state index contributed by atoms with van der Waals surface area (Å²) in [5, 5.41) is 0. The Hall–Kier alpha value is -2.56. The Morgan fingerprint density at radius 2 is 2.09 bits per heavy atom. The topological polar surface area (TPSA) is 51.7 Å². The molecule has 5 nitrogen and oxygen atoms in total. The minimum absolute atomic E-state index is 0.0128. The molecule has 2 aromatic rings. The lowest BCUT2D eigenvalue weighted by Gasteiger charge is -2.18. The molecular weight excluding hydrogens is 292 g/mol. The Morgan fingerprint density at radius 3 is 2.87 bits per heavy atom. The van der Waals surface area contributed by atoms with E-state index < -0.39 is 0 Å². The van der Waals surface area contributed by atoms with E-state index in [1.54, 1.807) is 12.3 Å². The highest BCUT2D eigenvalue weighted by Gasteiger charge is 2.29. The maximum Gasteiger partial charge on any atom is 0.257 e. The zero-order valence-electron chi connectivity index (χ0n) is 13.1. The number of nitrogens with zero attached hydrogens (tertiary/aromatic N) is 2. The van der Waals surface area contributed by atoms with Crippen molar-refractivity contribution in [2.75, 3.05) is 19.7 Å². The molecule has 1 amide bonds. The van der Waals surface area contributed by atoms with Crippen LogP contribution in [-0.2, 0) is 0 Å². The Labute approximate surface area is 135 Å². The van der Waals surface area contributed by atoms with Gasteiger partial charge in [-0.05, 0) is 25.1 Å². The van der Waals surface area contributed by atoms with Crippen LogP contribution in [0, 0.1) is 0 Å². The van der Waals surface area contributed by atoms with Gasteiger partial charge in [0.2, 0.25) is 5.88 Å². The highest BCUT2D eigenvalue weighted by molar-refractivity contribution is 5.97. The second kappa shape index (κ2) is 7.13. The average Bonchev–Trinajstić information content (AvgIpc) is 3.04. The molecule has 3 rings (SSSR count). The van der Waals surface area contributed by atoms with Crippen LogP contribution in [0.15, 0.2) is 48.7 Å². The van der Waals surface area contributed by atoms with Crippen molar-refractivity contribution in [2.45, 2.75) is 19.4 Å². The van der Waals surface area contributed by atoms with E-state index in [0.29, 0.717) is 36.9 Å². The number of amides is 1. The molecule has 1 aromatic heterocycles. The van der Waals surface area contributed by atoms with Crippen molar-refractivity contribution in [1.29, 1.82) is 0 Å². The molecule has 1 aliphatic rings. The number of hydrogen-bond donors (Lipinski definition) is 0. The number of likely N-dealkylation sites (tertiary alicyclic amines) is 1. The van der Waals surface area contributed by atoms with Gasteiger partial charge in [-0.2, -0.15) is 0 Å². The smallest absolute Gasteiger partial charge is 0.257 e. The first-order valence-electron chi connectivity index (χ1n) is 7.86. The van der Waals surface area contributed by atoms with Crippen molar-refractivity contribution >= 4 is 5.91 Å². The van der Waals surface area contributed by atoms with Crippen LogP contribution in [0.1, 0.15) is 23.7 Å². The first-order valence-corrected chi connectivity index (χ1v) is 7.86. The zero-order valence-corrected chi connectivity index (χ0v) is 13.1. The molecule has 1 unspecified atom stereocenters. The average molecular weight is 312 g/mol. The number of hydrogen-bond acceptors (Lipinski definition) is 4. The SMILES string of the molecule is CCOc1ccccc1C(=O)N1CCC(Oc2ccccn2)C1. The van der Waals surface area contributed by atoms with Crippen LogP contribution in [0.2, 0.25) is 0 Å². The molecule has 1 aromatic carbocycles. The van der Waals surface area contributed by atoms with Crippen molar-refractivity contribution in [3.8, 4) is 11.6 Å². The number of carbonyl (C=O) groups excluding carboxylic acids is 1. The van der Waals surface area contributed by atoms with Crippen LogP contribution in [0.5, 0.6) is 11.6 Å². The van der Waals surface area contributed by atoms with Gasteiger partial charge >= 0.3 is 0 Å². The van der Waals surface area contributed by atoms with E-state index in [2.05, 4.69) is 4.98 Å². The Kier molecular flexibility index (Phi) is 4.76. The lowest BCUT2D eigenvalue weighted by atomic mass is 10.2. The van der Waals surface area contributed by atoms with Gasteiger partial charge in [-0.3, -0.25) is 4.79 Å². The predicted octanol–water partition coefficient (Wildman–Crippen LogP) is 2.77. The van der Waals surface area contributed by atoms with Gasteiger partial charge in [0, 0.05) is 25.2 Å². The monoisotopic (exact) mass is 312 g/mol. The van der Waals surface area contributed by atoms with Gasteiger partial charge < -0.3 is 14.4 Å². The number of para-hydroxylation sites is 1. The fourth-order valence-corrected chi connectivity index (χ4v) is 2.69. The molecule has 1 fully saturated rings. The van der Waals surface area contributed by atoms with E-state index >= 15 is 0 Å². The summed E-state index contributed by atoms with van der Waals surface area (Å²) in [7, 11) is 0. The number of ether oxygens (including phenoxy) is 2. The molecule has 5 heteroatoms. The van der Waals surface area contributed by atoms with Gasteiger partial charge in [-0.1, -0.05) is 18.2 Å². The molecule has 2 heterocycles. The summed E-state index contributed by atoms with van der Waals surface area (Å²) < 4.78 is 11.4. The minimum Gasteiger partial charge on any atom is -0.493 e. The molecule has 0 spiro atoms. The van der Waals surface area contributed by atoms with Crippen LogP contribution < -0.4 is 9.47 Å². The summed E-state index contributed by atoms with van der Waals surface area (Å²) in [6, 6.07) is 12.9. The van der Waals surface area contributed by atoms with Gasteiger partial charge in [-0.15, -0.1) is 0 Å². The molecule has 23 heavy (non-hydrogen) atoms. The maximum absolute atomic E-state index is 12.7. The second-order valence-electron chi connectivity index (χ2n) is 5.38. The van der Waals surface area contributed by atoms with E-state index in [-0.39, 0.29) is 12.0 Å². The predicted molar refractivity (Wildman–Crippen MR) is 86.8 cm³/mol. The molecule has 1 atom stereocenters. The van der Waals surface area contributed by atoms with Crippen LogP contribution in [0.3, 0.4) is 0 Å². The first kappa shape index (κ1) is 15.3. The molecule has 120 valence electrons. The minimum atomic E-state index is -0.0203. The quantitative estimate of drug-likeness (QED) is 0.852. The van der Waals surface area contributed by atoms with E-state index in [4.69, 9.17) is 9.47 Å². The summed E-state index contributed by atoms with van der Waals surface area (Å²) in [6.07, 6.45) is 2.48. The van der Waals surface area contributed by atoms with E-state index in [1.807, 2.05) is 48.2 Å². The van der Waals surface area contributed by atoms with Crippen molar-refractivity contribution < 1.29 is 14.3 Å². The number of carbonyl (C=O) groups is 1. The molecule has 0 radical (unpaired) electrons. The zero-order chi connectivity index (χ0) is 16.1. The number of rotatable bonds is 5. The van der Waals surface area contributed by atoms with Crippen molar-refractivity contribution in [1.82, 2.24) is 9.88 Å². The van der Waals surface area contributed by atoms with Crippen LogP contribution >= 0.6 is 0 Å². The van der Waals surface area contributed by atoms with Gasteiger partial charge in [-0.25, -0.2) is 4.98 Å². The lowest BCUT2D eigenvalue weighted by molar-refractivity contribution is 0.0767. The van der Waals surface area contributed by atoms with Crippen molar-refractivity contribution in [3.05, 3.63) is 54.2 Å². The molecule has 0 N–H and O–H groups in total. The van der Waals surface area contributed by atoms with E-state index in [9.17, 15) is 4.79 Å². The highest BCUT2D eigenvalue weighted by atomic mass is 16.5. The van der Waals surface area contributed by atoms with Crippen LogP contribution in [0.25, 0.3) is 0 Å². The lowest BCUT2D eigenvalue weighted by Crippen LogP contribution is -2.31. The summed E-state index contributed by atoms with van der Waals surface area (Å²) in [4.78, 5) is 18.7. The van der Waals surface area contributed by atoms with Gasteiger partial charge in [0.05, 0.1) is 18.7 Å². The molecule has 0 saturated carbocycles. The standard InChI is InChI=1S/C18H20N2O3/c1-2-22-16-8-4-3-7-15(16)18(21)20-12-10-14(13-20)23-17-9-5-6-11-19-17/h3-9,11,14H,2,10,12-13H2,1H3. The number of aromatic nitrogens is 1. The summed E-state index contributed by atoms with van der Waals surface area (Å²) in [6.45, 7) is 3.69. The Morgan fingerprint density at radius 1 is 1.26 bits per heavy atom. The van der Waals surface area contributed by atoms with Crippen molar-refractivity contribution in [2.24, 2.45) is 0 Å². The normalized spacial score (nSPS) is 17.1. The largest absolute Gasteiger partial charge is 0.493 e. The summed E-state index contributed by atoms with van der Waals surface area (Å²) in [5.74, 6) is 1.22. The third kappa shape index (κ3) is 3.62. The molecular formula is C18H20N2O3. The highest BCUT2D eigenvalue weighted by Crippen LogP contribution is 2.23. The van der Waals surface area contributed by atoms with E-state index in [1.165, 1.54) is 0 Å². The van der Waals surface area contributed by atoms with Gasteiger partial charge in [0.25, 0.3) is 5.91 Å². The Balaban J connectivity index is 1.66. The third-order valence-corrected chi connectivity index (χ3v) is 3.77. The van der Waals surface area contributed by atoms with Crippen LogP contribution in [-0.4, -0.2) is 41.6 Å². The van der Waals surface area contributed by atoms with Crippen molar-refractivity contribution in [3.63, 3.8) is 0 Å². The molecule has 1 aliphatic heterocycles. The number of pyridine rings is 1. The van der Waals surface area contributed by atoms with E-state index in [0.717, 1.165) is 6.42 Å². The second-order valence-corrected chi connectivity index (χ2v) is 5.38. The van der Waals surface area contributed by atoms with Gasteiger partial charge in [0.15, 0.2) is 0 Å². The summed E-state index contributed by atoms with van der Waals surface area (Å²) in [5.41, 5.74) is 0.604. The first-order chi connectivity index (χ1) is 11.3. The maximum atomic E-state index is 12.7. The summed E-state index contributed by atoms with van der Waals surface area (Å²) >= 11 is 0.